The number of nitrogens with zero attached hydrogens (tertiary/aromatic N) is 4. The van der Waals surface area contributed by atoms with Gasteiger partial charge in [-0.2, -0.15) is 5.10 Å². The lowest BCUT2D eigenvalue weighted by Gasteiger charge is -2.33. The smallest absolute Gasteiger partial charge is 0.232 e. The molecule has 1 aromatic heterocycles. The van der Waals surface area contributed by atoms with E-state index < -0.39 is 17.2 Å². The molecule has 1 amide bonds. The number of benzene rings is 1. The summed E-state index contributed by atoms with van der Waals surface area (Å²) in [5.41, 5.74) is 13.3. The fourth-order valence-electron chi connectivity index (χ4n) is 3.27. The van der Waals surface area contributed by atoms with Gasteiger partial charge in [-0.25, -0.2) is 9.97 Å². The molecule has 3 rings (SSSR count). The van der Waals surface area contributed by atoms with Crippen molar-refractivity contribution in [2.24, 2.45) is 16.3 Å². The number of carbonyl (C=O) groups excluding carboxylic acids is 1. The number of nitrogens with two attached hydrogens (primary N) is 2. The molecule has 0 fully saturated rings. The number of hydrogen-bond donors (Lipinski definition) is 2. The molecule has 0 bridgehead atoms. The topological polar surface area (TPSA) is 110 Å². The van der Waals surface area contributed by atoms with Gasteiger partial charge in [-0.05, 0) is 24.1 Å². The van der Waals surface area contributed by atoms with Crippen molar-refractivity contribution in [1.82, 2.24) is 15.0 Å². The number of carbonyl (C=O) groups is 1. The Morgan fingerprint density at radius 3 is 2.67 bits per heavy atom. The zero-order chi connectivity index (χ0) is 17.3. The second kappa shape index (κ2) is 5.92. The van der Waals surface area contributed by atoms with E-state index in [1.165, 1.54) is 0 Å². The van der Waals surface area contributed by atoms with Crippen LogP contribution < -0.4 is 11.5 Å². The minimum absolute atomic E-state index is 0.161. The molecule has 4 N–H and O–H groups in total. The molecule has 24 heavy (non-hydrogen) atoms. The number of rotatable bonds is 4. The van der Waals surface area contributed by atoms with Gasteiger partial charge in [0.15, 0.2) is 0 Å². The average molecular weight is 324 g/mol. The minimum Gasteiger partial charge on any atom is -0.369 e. The molecule has 1 aliphatic rings. The monoisotopic (exact) mass is 324 g/mol. The highest BCUT2D eigenvalue weighted by Gasteiger charge is 2.49. The lowest BCUT2D eigenvalue weighted by Crippen LogP contribution is -2.47. The Labute approximate surface area is 140 Å². The number of anilines is 1. The van der Waals surface area contributed by atoms with Gasteiger partial charge in [0, 0.05) is 25.4 Å². The van der Waals surface area contributed by atoms with E-state index in [2.05, 4.69) is 15.1 Å². The number of amides is 1. The number of hydrogen-bond acceptors (Lipinski definition) is 6. The average Bonchev–Trinajstić information content (AvgIpc) is 2.93. The molecule has 124 valence electrons. The molecule has 0 aliphatic carbocycles. The highest BCUT2D eigenvalue weighted by Crippen LogP contribution is 2.43. The summed E-state index contributed by atoms with van der Waals surface area (Å²) in [6.07, 6.45) is 3.22. The molecule has 1 aliphatic heterocycles. The van der Waals surface area contributed by atoms with E-state index >= 15 is 0 Å². The maximum Gasteiger partial charge on any atom is 0.232 e. The van der Waals surface area contributed by atoms with Gasteiger partial charge in [-0.15, -0.1) is 0 Å². The van der Waals surface area contributed by atoms with E-state index in [9.17, 15) is 4.79 Å². The van der Waals surface area contributed by atoms with Crippen molar-refractivity contribution in [2.45, 2.75) is 12.8 Å². The van der Waals surface area contributed by atoms with Crippen LogP contribution in [0.4, 0.5) is 5.95 Å². The maximum atomic E-state index is 12.5. The van der Waals surface area contributed by atoms with Crippen molar-refractivity contribution >= 4 is 18.1 Å². The number of nitrogen functional groups attached to an aromatic ring is 1. The van der Waals surface area contributed by atoms with Crippen LogP contribution in [0.25, 0.3) is 0 Å². The number of aryl methyl sites for hydroxylation is 1. The number of aromatic nitrogens is 2. The molecule has 0 saturated carbocycles. The van der Waals surface area contributed by atoms with Crippen molar-refractivity contribution in [3.8, 4) is 0 Å². The first-order valence-electron chi connectivity index (χ1n) is 7.64. The van der Waals surface area contributed by atoms with Crippen LogP contribution in [0.2, 0.25) is 0 Å². The summed E-state index contributed by atoms with van der Waals surface area (Å²) in [5, 5.41) is 5.98. The molecule has 0 radical (unpaired) electrons. The minimum atomic E-state index is -0.998. The van der Waals surface area contributed by atoms with Crippen LogP contribution in [0, 0.1) is 12.3 Å². The molecule has 2 aromatic rings. The molecule has 0 spiro atoms. The van der Waals surface area contributed by atoms with Gasteiger partial charge < -0.3 is 11.5 Å². The summed E-state index contributed by atoms with van der Waals surface area (Å²) in [5.74, 6) is -0.676. The second-order valence-electron chi connectivity index (χ2n) is 6.09. The molecular formula is C17H20N6O. The Kier molecular flexibility index (Phi) is 3.92. The Hall–Kier alpha value is -2.96. The van der Waals surface area contributed by atoms with Crippen molar-refractivity contribution in [1.29, 1.82) is 0 Å². The first-order chi connectivity index (χ1) is 11.4. The van der Waals surface area contributed by atoms with E-state index in [-0.39, 0.29) is 5.95 Å². The molecule has 2 unspecified atom stereocenters. The summed E-state index contributed by atoms with van der Waals surface area (Å²) >= 11 is 0. The van der Waals surface area contributed by atoms with E-state index in [4.69, 9.17) is 11.5 Å². The Morgan fingerprint density at radius 1 is 1.33 bits per heavy atom. The highest BCUT2D eigenvalue weighted by molar-refractivity contribution is 6.00. The van der Waals surface area contributed by atoms with Crippen LogP contribution in [-0.4, -0.2) is 40.7 Å². The Bertz CT molecular complexity index is 805. The van der Waals surface area contributed by atoms with Crippen LogP contribution in [0.3, 0.4) is 0 Å². The molecule has 7 nitrogen and oxygen atoms in total. The van der Waals surface area contributed by atoms with Crippen molar-refractivity contribution in [3.05, 3.63) is 53.3 Å². The fraction of sp³-hybridized carbons (Fsp3) is 0.294. The van der Waals surface area contributed by atoms with Crippen LogP contribution in [0.5, 0.6) is 0 Å². The van der Waals surface area contributed by atoms with E-state index in [0.717, 1.165) is 11.1 Å². The summed E-state index contributed by atoms with van der Waals surface area (Å²) in [7, 11) is 1.81. The van der Waals surface area contributed by atoms with Crippen molar-refractivity contribution in [2.75, 3.05) is 19.3 Å². The predicted octanol–water partition coefficient (Wildman–Crippen LogP) is 0.902. The van der Waals surface area contributed by atoms with E-state index in [1.54, 1.807) is 23.5 Å². The molecule has 1 aromatic carbocycles. The molecule has 7 heteroatoms. The van der Waals surface area contributed by atoms with Crippen LogP contribution in [0.15, 0.2) is 41.6 Å². The van der Waals surface area contributed by atoms with E-state index in [1.807, 2.05) is 38.2 Å². The van der Waals surface area contributed by atoms with Gasteiger partial charge in [-0.1, -0.05) is 24.3 Å². The third kappa shape index (κ3) is 2.58. The SMILES string of the molecule is Cc1ccccc1C(c1ccnc(N)n1)C1(C(N)=O)C=NN(C)C1. The first kappa shape index (κ1) is 15.9. The standard InChI is InChI=1S/C17H20N6O/c1-11-5-3-4-6-12(11)14(13-7-8-20-16(19)22-13)17(15(18)24)9-21-23(2)10-17/h3-9,14H,10H2,1-2H3,(H2,18,24)(H2,19,20,22). The highest BCUT2D eigenvalue weighted by atomic mass is 16.1. The Morgan fingerprint density at radius 2 is 2.08 bits per heavy atom. The van der Waals surface area contributed by atoms with Crippen LogP contribution >= 0.6 is 0 Å². The van der Waals surface area contributed by atoms with Crippen molar-refractivity contribution < 1.29 is 4.79 Å². The quantitative estimate of drug-likeness (QED) is 0.868. The number of hydrazone groups is 1. The van der Waals surface area contributed by atoms with Gasteiger partial charge in [-0.3, -0.25) is 9.80 Å². The van der Waals surface area contributed by atoms with Crippen molar-refractivity contribution in [3.63, 3.8) is 0 Å². The van der Waals surface area contributed by atoms with Crippen LogP contribution in [-0.2, 0) is 4.79 Å². The van der Waals surface area contributed by atoms with Gasteiger partial charge in [0.05, 0.1) is 12.2 Å². The van der Waals surface area contributed by atoms with Gasteiger partial charge in [0.25, 0.3) is 0 Å². The van der Waals surface area contributed by atoms with Crippen LogP contribution in [0.1, 0.15) is 22.7 Å². The van der Waals surface area contributed by atoms with Gasteiger partial charge in [0.1, 0.15) is 5.41 Å². The summed E-state index contributed by atoms with van der Waals surface area (Å²) in [6.45, 7) is 2.38. The predicted molar refractivity (Wildman–Crippen MR) is 92.2 cm³/mol. The molecule has 2 atom stereocenters. The summed E-state index contributed by atoms with van der Waals surface area (Å²) in [4.78, 5) is 20.8. The lowest BCUT2D eigenvalue weighted by molar-refractivity contribution is -0.124. The first-order valence-corrected chi connectivity index (χ1v) is 7.64. The molecule has 2 heterocycles. The summed E-state index contributed by atoms with van der Waals surface area (Å²) in [6, 6.07) is 9.64. The fourth-order valence-corrected chi connectivity index (χ4v) is 3.27. The largest absolute Gasteiger partial charge is 0.369 e. The molecule has 0 saturated heterocycles. The zero-order valence-electron chi connectivity index (χ0n) is 13.7. The maximum absolute atomic E-state index is 12.5. The van der Waals surface area contributed by atoms with E-state index in [0.29, 0.717) is 12.2 Å². The van der Waals surface area contributed by atoms with Gasteiger partial charge >= 0.3 is 0 Å². The number of primary amides is 1. The Balaban J connectivity index is 2.25. The summed E-state index contributed by atoms with van der Waals surface area (Å²) < 4.78 is 0. The zero-order valence-corrected chi connectivity index (χ0v) is 13.7. The third-order valence-electron chi connectivity index (χ3n) is 4.44. The molecular weight excluding hydrogens is 304 g/mol. The third-order valence-corrected chi connectivity index (χ3v) is 4.44. The second-order valence-corrected chi connectivity index (χ2v) is 6.09. The lowest BCUT2D eigenvalue weighted by atomic mass is 9.69. The van der Waals surface area contributed by atoms with Gasteiger partial charge in [0.2, 0.25) is 11.9 Å². The normalized spacial score (nSPS) is 21.0.